The molecule has 3 rings (SSSR count). The fraction of sp³-hybridized carbons (Fsp3) is 0.528. The smallest absolute Gasteiger partial charge is 0.215 e. The number of rotatable bonds is 18. The molecule has 206 valence electrons. The normalized spacial score (nSPS) is 14.5. The van der Waals surface area contributed by atoms with Crippen LogP contribution >= 0.6 is 0 Å². The predicted octanol–water partition coefficient (Wildman–Crippen LogP) is 11.0. The van der Waals surface area contributed by atoms with Crippen LogP contribution in [0.2, 0.25) is 0 Å². The van der Waals surface area contributed by atoms with Gasteiger partial charge in [0, 0.05) is 22.8 Å². The van der Waals surface area contributed by atoms with Gasteiger partial charge in [0.05, 0.1) is 0 Å². The molecule has 0 fully saturated rings. The van der Waals surface area contributed by atoms with Crippen molar-refractivity contribution >= 4 is 11.4 Å². The highest BCUT2D eigenvalue weighted by atomic mass is 15.3. The lowest BCUT2D eigenvalue weighted by Gasteiger charge is -2.09. The molecule has 0 saturated heterocycles. The van der Waals surface area contributed by atoms with Crippen LogP contribution in [0.1, 0.15) is 133 Å². The minimum absolute atomic E-state index is 0.977. The van der Waals surface area contributed by atoms with Crippen LogP contribution in [0.25, 0.3) is 11.5 Å². The summed E-state index contributed by atoms with van der Waals surface area (Å²) in [5, 5.41) is 0. The molecule has 0 amide bonds. The summed E-state index contributed by atoms with van der Waals surface area (Å²) in [6.45, 7) is 6.77. The van der Waals surface area contributed by atoms with Gasteiger partial charge in [0.2, 0.25) is 11.4 Å². The Labute approximate surface area is 233 Å². The van der Waals surface area contributed by atoms with Gasteiger partial charge < -0.3 is 5.84 Å². The molecule has 0 unspecified atom stereocenters. The van der Waals surface area contributed by atoms with E-state index in [1.807, 2.05) is 0 Å². The van der Waals surface area contributed by atoms with Crippen LogP contribution in [-0.2, 0) is 12.8 Å². The maximum Gasteiger partial charge on any atom is 0.215 e. The van der Waals surface area contributed by atoms with Gasteiger partial charge >= 0.3 is 0 Å². The Balaban J connectivity index is 1.66. The third kappa shape index (κ3) is 9.29. The predicted molar refractivity (Wildman–Crippen MR) is 167 cm³/mol. The molecule has 1 aliphatic heterocycles. The topological polar surface area (TPSA) is 26.8 Å². The van der Waals surface area contributed by atoms with E-state index in [2.05, 4.69) is 81.5 Å². The van der Waals surface area contributed by atoms with Crippen molar-refractivity contribution in [1.29, 1.82) is 0 Å². The summed E-state index contributed by atoms with van der Waals surface area (Å²) in [4.78, 5) is 0. The SMILES string of the molecule is CCCC=C1C=C(c2ccc(CCCCCCCC)cc2)[N+]([NH-])=C1c1ccc(CCCCCCCC)cc1. The Hall–Kier alpha value is -2.61. The molecule has 2 nitrogen and oxygen atoms in total. The molecule has 2 heteroatoms. The summed E-state index contributed by atoms with van der Waals surface area (Å²) in [7, 11) is 0. The summed E-state index contributed by atoms with van der Waals surface area (Å²) < 4.78 is 1.66. The van der Waals surface area contributed by atoms with E-state index in [0.29, 0.717) is 0 Å². The molecular formula is C36H52N2. The lowest BCUT2D eigenvalue weighted by Crippen LogP contribution is -2.11. The van der Waals surface area contributed by atoms with E-state index in [1.165, 1.54) is 93.7 Å². The summed E-state index contributed by atoms with van der Waals surface area (Å²) in [5.74, 6) is 9.06. The first-order valence-corrected chi connectivity index (χ1v) is 15.7. The molecule has 0 saturated carbocycles. The summed E-state index contributed by atoms with van der Waals surface area (Å²) >= 11 is 0. The van der Waals surface area contributed by atoms with E-state index in [9.17, 15) is 0 Å². The lowest BCUT2D eigenvalue weighted by atomic mass is 9.98. The lowest BCUT2D eigenvalue weighted by molar-refractivity contribution is -0.347. The molecule has 2 aromatic carbocycles. The Morgan fingerprint density at radius 3 is 1.55 bits per heavy atom. The highest BCUT2D eigenvalue weighted by molar-refractivity contribution is 6.14. The molecule has 1 N–H and O–H groups in total. The van der Waals surface area contributed by atoms with Gasteiger partial charge in [-0.15, -0.1) is 0 Å². The number of nitrogens with one attached hydrogen (secondary N) is 1. The second kappa shape index (κ2) is 17.1. The highest BCUT2D eigenvalue weighted by Crippen LogP contribution is 2.29. The molecule has 1 aliphatic rings. The summed E-state index contributed by atoms with van der Waals surface area (Å²) in [6.07, 6.45) is 25.0. The minimum Gasteiger partial charge on any atom is -0.448 e. The van der Waals surface area contributed by atoms with Crippen LogP contribution in [-0.4, -0.2) is 10.4 Å². The van der Waals surface area contributed by atoms with Crippen molar-refractivity contribution in [2.75, 3.05) is 0 Å². The Morgan fingerprint density at radius 1 is 0.579 bits per heavy atom. The first-order valence-electron chi connectivity index (χ1n) is 15.7. The van der Waals surface area contributed by atoms with E-state index in [1.54, 1.807) is 4.68 Å². The zero-order chi connectivity index (χ0) is 27.0. The van der Waals surface area contributed by atoms with E-state index in [4.69, 9.17) is 5.84 Å². The number of aryl methyl sites for hydroxylation is 2. The summed E-state index contributed by atoms with van der Waals surface area (Å²) in [6, 6.07) is 17.9. The van der Waals surface area contributed by atoms with Crippen molar-refractivity contribution in [2.24, 2.45) is 0 Å². The van der Waals surface area contributed by atoms with Crippen molar-refractivity contribution in [3.05, 3.63) is 94.4 Å². The molecular weight excluding hydrogens is 460 g/mol. The van der Waals surface area contributed by atoms with E-state index in [-0.39, 0.29) is 0 Å². The second-order valence-corrected chi connectivity index (χ2v) is 11.1. The first kappa shape index (κ1) is 29.9. The van der Waals surface area contributed by atoms with Gasteiger partial charge in [-0.05, 0) is 67.5 Å². The molecule has 38 heavy (non-hydrogen) atoms. The third-order valence-corrected chi connectivity index (χ3v) is 7.80. The molecule has 0 bridgehead atoms. The number of allylic oxidation sites excluding steroid dienone is 3. The monoisotopic (exact) mass is 512 g/mol. The molecule has 0 radical (unpaired) electrons. The van der Waals surface area contributed by atoms with Crippen molar-refractivity contribution in [1.82, 2.24) is 0 Å². The summed E-state index contributed by atoms with van der Waals surface area (Å²) in [5.41, 5.74) is 8.25. The van der Waals surface area contributed by atoms with E-state index >= 15 is 0 Å². The second-order valence-electron chi connectivity index (χ2n) is 11.1. The number of hydrogen-bond acceptors (Lipinski definition) is 0. The minimum atomic E-state index is 0.977. The van der Waals surface area contributed by atoms with Gasteiger partial charge in [0.25, 0.3) is 0 Å². The van der Waals surface area contributed by atoms with Crippen LogP contribution in [0, 0.1) is 0 Å². The quantitative estimate of drug-likeness (QED) is 0.140. The van der Waals surface area contributed by atoms with Gasteiger partial charge in [-0.25, -0.2) is 4.68 Å². The van der Waals surface area contributed by atoms with Crippen molar-refractivity contribution in [2.45, 2.75) is 124 Å². The highest BCUT2D eigenvalue weighted by Gasteiger charge is 2.27. The van der Waals surface area contributed by atoms with Crippen molar-refractivity contribution in [3.8, 4) is 0 Å². The largest absolute Gasteiger partial charge is 0.448 e. The van der Waals surface area contributed by atoms with E-state index < -0.39 is 0 Å². The van der Waals surface area contributed by atoms with Crippen LogP contribution in [0.15, 0.2) is 66.3 Å². The average molecular weight is 513 g/mol. The fourth-order valence-corrected chi connectivity index (χ4v) is 5.38. The maximum atomic E-state index is 9.06. The number of nitrogens with zero attached hydrogens (tertiary/aromatic N) is 1. The number of benzene rings is 2. The van der Waals surface area contributed by atoms with Crippen LogP contribution < -0.4 is 0 Å². The molecule has 0 aliphatic carbocycles. The molecule has 2 aromatic rings. The molecule has 0 atom stereocenters. The zero-order valence-electron chi connectivity index (χ0n) is 24.5. The number of hydrogen-bond donors (Lipinski definition) is 0. The van der Waals surface area contributed by atoms with Crippen LogP contribution in [0.5, 0.6) is 0 Å². The molecule has 0 spiro atoms. The molecule has 0 aromatic heterocycles. The average Bonchev–Trinajstić information content (AvgIpc) is 3.27. The van der Waals surface area contributed by atoms with Crippen molar-refractivity contribution < 1.29 is 4.68 Å². The van der Waals surface area contributed by atoms with Crippen LogP contribution in [0.4, 0.5) is 0 Å². The Kier molecular flexibility index (Phi) is 13.5. The van der Waals surface area contributed by atoms with Crippen LogP contribution in [0.3, 0.4) is 0 Å². The zero-order valence-corrected chi connectivity index (χ0v) is 24.5. The standard InChI is InChI=1S/C36H52N2/c1-4-7-10-12-14-16-18-30-21-25-32(26-22-30)35-29-34(20-9-6-3)36(38(35)37)33-27-23-31(24-28-33)19-17-15-13-11-8-5-2/h20-29,37H,4-19H2,1-3H3. The van der Waals surface area contributed by atoms with E-state index in [0.717, 1.165) is 48.2 Å². The Morgan fingerprint density at radius 2 is 1.05 bits per heavy atom. The van der Waals surface area contributed by atoms with Gasteiger partial charge in [0.1, 0.15) is 0 Å². The fourth-order valence-electron chi connectivity index (χ4n) is 5.38. The Bertz CT molecular complexity index is 1040. The first-order chi connectivity index (χ1) is 18.7. The van der Waals surface area contributed by atoms with Gasteiger partial charge in [0.15, 0.2) is 0 Å². The number of unbranched alkanes of at least 4 members (excludes halogenated alkanes) is 11. The molecule has 1 heterocycles. The van der Waals surface area contributed by atoms with Gasteiger partial charge in [-0.3, -0.25) is 0 Å². The third-order valence-electron chi connectivity index (χ3n) is 7.80. The van der Waals surface area contributed by atoms with Gasteiger partial charge in [-0.2, -0.15) is 0 Å². The van der Waals surface area contributed by atoms with Crippen molar-refractivity contribution in [3.63, 3.8) is 0 Å². The maximum absolute atomic E-state index is 9.06. The van der Waals surface area contributed by atoms with Gasteiger partial charge in [-0.1, -0.05) is 122 Å².